The molecule has 2 fully saturated rings. The predicted molar refractivity (Wildman–Crippen MR) is 129 cm³/mol. The van der Waals surface area contributed by atoms with Crippen molar-refractivity contribution < 1.29 is 14.4 Å². The van der Waals surface area contributed by atoms with Crippen LogP contribution in [0.25, 0.3) is 0 Å². The third-order valence-corrected chi connectivity index (χ3v) is 7.24. The zero-order valence-electron chi connectivity index (χ0n) is 18.8. The number of hydrogen-bond donors (Lipinski definition) is 1. The van der Waals surface area contributed by atoms with E-state index in [1.807, 2.05) is 25.1 Å². The van der Waals surface area contributed by atoms with Crippen molar-refractivity contribution in [3.8, 4) is 0 Å². The van der Waals surface area contributed by atoms with E-state index in [4.69, 9.17) is 11.6 Å². The largest absolute Gasteiger partial charge is 0.339 e. The van der Waals surface area contributed by atoms with Gasteiger partial charge in [0.05, 0.1) is 0 Å². The number of aryl methyl sites for hydroxylation is 1. The monoisotopic (exact) mass is 489 g/mol. The van der Waals surface area contributed by atoms with E-state index in [0.717, 1.165) is 24.1 Å². The van der Waals surface area contributed by atoms with Crippen molar-refractivity contribution in [2.75, 3.05) is 38.0 Å². The number of nitrogens with zero attached hydrogens (tertiary/aromatic N) is 4. The number of benzene rings is 1. The van der Waals surface area contributed by atoms with Crippen molar-refractivity contribution in [3.05, 3.63) is 39.9 Å². The molecule has 0 radical (unpaired) electrons. The fourth-order valence-corrected chi connectivity index (χ4v) is 5.17. The number of rotatable bonds is 4. The van der Waals surface area contributed by atoms with Crippen LogP contribution in [-0.4, -0.2) is 76.2 Å². The standard InChI is InChI=1S/C23H28ClN5O3S/c1-15-6-7-17(24)13-18(15)25-23-26-19(14-33-23)21(31)29-8-4-3-5-20(29)22(32)28-11-9-27(10-12-28)16(2)30/h6-7,13-14,20H,3-5,8-12H2,1-2H3,(H,25,26)/t20-/m1/s1. The summed E-state index contributed by atoms with van der Waals surface area (Å²) in [5, 5.41) is 6.18. The quantitative estimate of drug-likeness (QED) is 0.710. The number of amides is 3. The highest BCUT2D eigenvalue weighted by atomic mass is 35.5. The first-order valence-electron chi connectivity index (χ1n) is 11.2. The molecule has 1 N–H and O–H groups in total. The van der Waals surface area contributed by atoms with Gasteiger partial charge >= 0.3 is 0 Å². The van der Waals surface area contributed by atoms with Gasteiger partial charge in [-0.05, 0) is 43.9 Å². The molecule has 3 amide bonds. The van der Waals surface area contributed by atoms with Gasteiger partial charge in [-0.1, -0.05) is 17.7 Å². The van der Waals surface area contributed by atoms with Gasteiger partial charge in [-0.3, -0.25) is 14.4 Å². The normalized spacial score (nSPS) is 18.9. The maximum absolute atomic E-state index is 13.3. The van der Waals surface area contributed by atoms with Gasteiger partial charge in [-0.25, -0.2) is 4.98 Å². The molecule has 0 aliphatic carbocycles. The Balaban J connectivity index is 1.45. The molecule has 2 aromatic rings. The molecule has 33 heavy (non-hydrogen) atoms. The average Bonchev–Trinajstić information content (AvgIpc) is 3.29. The number of carbonyl (C=O) groups excluding carboxylic acids is 3. The van der Waals surface area contributed by atoms with Crippen LogP contribution in [0.3, 0.4) is 0 Å². The lowest BCUT2D eigenvalue weighted by Gasteiger charge is -2.40. The molecule has 1 atom stereocenters. The molecule has 2 aliphatic heterocycles. The van der Waals surface area contributed by atoms with E-state index in [0.29, 0.717) is 55.0 Å². The average molecular weight is 490 g/mol. The number of carbonyl (C=O) groups is 3. The summed E-state index contributed by atoms with van der Waals surface area (Å²) in [6.07, 6.45) is 2.42. The molecule has 1 aromatic heterocycles. The van der Waals surface area contributed by atoms with Gasteiger partial charge in [0.1, 0.15) is 11.7 Å². The second-order valence-corrected chi connectivity index (χ2v) is 9.76. The second-order valence-electron chi connectivity index (χ2n) is 8.46. The van der Waals surface area contributed by atoms with E-state index in [9.17, 15) is 14.4 Å². The number of nitrogens with one attached hydrogen (secondary N) is 1. The zero-order chi connectivity index (χ0) is 23.5. The molecule has 4 rings (SSSR count). The molecule has 0 spiro atoms. The lowest BCUT2D eigenvalue weighted by atomic mass is 10.00. The summed E-state index contributed by atoms with van der Waals surface area (Å²) in [6, 6.07) is 5.09. The van der Waals surface area contributed by atoms with Crippen LogP contribution in [-0.2, 0) is 9.59 Å². The van der Waals surface area contributed by atoms with Crippen LogP contribution in [0.15, 0.2) is 23.6 Å². The SMILES string of the molecule is CC(=O)N1CCN(C(=O)[C@H]2CCCCN2C(=O)c2csc(Nc3cc(Cl)ccc3C)n2)CC1. The van der Waals surface area contributed by atoms with Gasteiger partial charge in [0.15, 0.2) is 5.13 Å². The lowest BCUT2D eigenvalue weighted by molar-refractivity contribution is -0.142. The zero-order valence-corrected chi connectivity index (χ0v) is 20.4. The highest BCUT2D eigenvalue weighted by Crippen LogP contribution is 2.28. The molecule has 0 bridgehead atoms. The minimum absolute atomic E-state index is 0.0254. The van der Waals surface area contributed by atoms with Crippen molar-refractivity contribution in [2.45, 2.75) is 39.2 Å². The van der Waals surface area contributed by atoms with Crippen LogP contribution in [0.2, 0.25) is 5.02 Å². The van der Waals surface area contributed by atoms with Crippen LogP contribution in [0, 0.1) is 6.92 Å². The van der Waals surface area contributed by atoms with Gasteiger partial charge in [0.2, 0.25) is 11.8 Å². The van der Waals surface area contributed by atoms with Crippen molar-refractivity contribution in [2.24, 2.45) is 0 Å². The number of halogens is 1. The number of likely N-dealkylation sites (tertiary alicyclic amines) is 1. The highest BCUT2D eigenvalue weighted by Gasteiger charge is 2.37. The molecular weight excluding hydrogens is 462 g/mol. The fraction of sp³-hybridized carbons (Fsp3) is 0.478. The summed E-state index contributed by atoms with van der Waals surface area (Å²) in [7, 11) is 0. The van der Waals surface area contributed by atoms with Crippen LogP contribution in [0.1, 0.15) is 42.2 Å². The summed E-state index contributed by atoms with van der Waals surface area (Å²) >= 11 is 7.45. The van der Waals surface area contributed by atoms with Gasteiger partial charge in [0.25, 0.3) is 5.91 Å². The number of piperazine rings is 1. The number of aromatic nitrogens is 1. The Morgan fingerprint density at radius 2 is 1.82 bits per heavy atom. The third-order valence-electron chi connectivity index (χ3n) is 6.25. The Bertz CT molecular complexity index is 1050. The Labute approximate surface area is 202 Å². The Morgan fingerprint density at radius 1 is 1.09 bits per heavy atom. The molecular formula is C23H28ClN5O3S. The van der Waals surface area contributed by atoms with E-state index in [-0.39, 0.29) is 17.7 Å². The maximum Gasteiger partial charge on any atom is 0.274 e. The Hall–Kier alpha value is -2.65. The topological polar surface area (TPSA) is 85.9 Å². The van der Waals surface area contributed by atoms with E-state index in [2.05, 4.69) is 10.3 Å². The molecule has 1 aromatic carbocycles. The Kier molecular flexibility index (Phi) is 7.19. The molecule has 3 heterocycles. The van der Waals surface area contributed by atoms with Crippen LogP contribution < -0.4 is 5.32 Å². The second kappa shape index (κ2) is 10.1. The van der Waals surface area contributed by atoms with Crippen molar-refractivity contribution in [1.29, 1.82) is 0 Å². The van der Waals surface area contributed by atoms with Crippen molar-refractivity contribution in [3.63, 3.8) is 0 Å². The third kappa shape index (κ3) is 5.30. The van der Waals surface area contributed by atoms with E-state index in [1.54, 1.807) is 27.0 Å². The molecule has 176 valence electrons. The number of anilines is 2. The molecule has 0 saturated carbocycles. The molecule has 2 aliphatic rings. The number of hydrogen-bond acceptors (Lipinski definition) is 6. The van der Waals surface area contributed by atoms with Crippen molar-refractivity contribution in [1.82, 2.24) is 19.7 Å². The summed E-state index contributed by atoms with van der Waals surface area (Å²) in [5.74, 6) is -0.227. The van der Waals surface area contributed by atoms with Crippen LogP contribution in [0.5, 0.6) is 0 Å². The first-order valence-corrected chi connectivity index (χ1v) is 12.4. The minimum atomic E-state index is -0.483. The van der Waals surface area contributed by atoms with E-state index >= 15 is 0 Å². The van der Waals surface area contributed by atoms with Gasteiger partial charge in [-0.2, -0.15) is 0 Å². The van der Waals surface area contributed by atoms with E-state index in [1.165, 1.54) is 11.3 Å². The summed E-state index contributed by atoms with van der Waals surface area (Å²) in [5.41, 5.74) is 2.20. The highest BCUT2D eigenvalue weighted by molar-refractivity contribution is 7.14. The maximum atomic E-state index is 13.3. The smallest absolute Gasteiger partial charge is 0.274 e. The Morgan fingerprint density at radius 3 is 2.55 bits per heavy atom. The first kappa shape index (κ1) is 23.5. The van der Waals surface area contributed by atoms with Gasteiger partial charge < -0.3 is 20.0 Å². The van der Waals surface area contributed by atoms with Crippen LogP contribution >= 0.6 is 22.9 Å². The molecule has 0 unspecified atom stereocenters. The van der Waals surface area contributed by atoms with E-state index < -0.39 is 6.04 Å². The van der Waals surface area contributed by atoms with Crippen molar-refractivity contribution >= 4 is 51.5 Å². The molecule has 10 heteroatoms. The fourth-order valence-electron chi connectivity index (χ4n) is 4.30. The van der Waals surface area contributed by atoms with Crippen LogP contribution in [0.4, 0.5) is 10.8 Å². The summed E-state index contributed by atoms with van der Waals surface area (Å²) < 4.78 is 0. The minimum Gasteiger partial charge on any atom is -0.339 e. The number of thiazole rings is 1. The lowest BCUT2D eigenvalue weighted by Crippen LogP contribution is -2.57. The number of piperidine rings is 1. The van der Waals surface area contributed by atoms with Gasteiger partial charge in [0, 0.05) is 55.7 Å². The molecule has 2 saturated heterocycles. The summed E-state index contributed by atoms with van der Waals surface area (Å²) in [4.78, 5) is 47.9. The predicted octanol–water partition coefficient (Wildman–Crippen LogP) is 3.53. The summed E-state index contributed by atoms with van der Waals surface area (Å²) in [6.45, 7) is 6.12. The van der Waals surface area contributed by atoms with Gasteiger partial charge in [-0.15, -0.1) is 11.3 Å². The first-order chi connectivity index (χ1) is 15.8. The molecule has 8 nitrogen and oxygen atoms in total.